The van der Waals surface area contributed by atoms with Gasteiger partial charge in [0, 0.05) is 25.0 Å². The van der Waals surface area contributed by atoms with Crippen LogP contribution in [0.5, 0.6) is 0 Å². The van der Waals surface area contributed by atoms with E-state index in [1.807, 2.05) is 35.9 Å². The molecule has 6 nitrogen and oxygen atoms in total. The molecule has 3 heterocycles. The van der Waals surface area contributed by atoms with E-state index in [1.54, 1.807) is 7.05 Å². The van der Waals surface area contributed by atoms with Gasteiger partial charge in [-0.25, -0.2) is 8.42 Å². The molecule has 4 rings (SSSR count). The Morgan fingerprint density at radius 3 is 2.52 bits per heavy atom. The van der Waals surface area contributed by atoms with Gasteiger partial charge in [-0.3, -0.25) is 0 Å². The first-order valence-electron chi connectivity index (χ1n) is 6.79. The molecule has 112 valence electrons. The Morgan fingerprint density at radius 1 is 1.14 bits per heavy atom. The third-order valence-corrected chi connectivity index (χ3v) is 6.15. The lowest BCUT2D eigenvalue weighted by Crippen LogP contribution is -2.48. The third kappa shape index (κ3) is 1.54. The average Bonchev–Trinajstić information content (AvgIpc) is 3.02. The maximum atomic E-state index is 12.8. The molecule has 1 spiro atoms. The first-order chi connectivity index (χ1) is 9.97. The van der Waals surface area contributed by atoms with Crippen LogP contribution in [0.15, 0.2) is 29.2 Å². The summed E-state index contributed by atoms with van der Waals surface area (Å²) < 4.78 is 40.4. The zero-order valence-corrected chi connectivity index (χ0v) is 12.7. The monoisotopic (exact) mass is 308 g/mol. The normalized spacial score (nSPS) is 23.7. The highest BCUT2D eigenvalue weighted by Crippen LogP contribution is 2.45. The summed E-state index contributed by atoms with van der Waals surface area (Å²) >= 11 is 0. The van der Waals surface area contributed by atoms with E-state index in [4.69, 9.17) is 9.47 Å². The zero-order chi connectivity index (χ0) is 14.8. The molecule has 2 aliphatic heterocycles. The Hall–Kier alpha value is -1.41. The largest absolute Gasteiger partial charge is 0.342 e. The van der Waals surface area contributed by atoms with Gasteiger partial charge in [-0.05, 0) is 6.07 Å². The molecule has 2 aromatic rings. The number of aromatic nitrogens is 1. The fourth-order valence-corrected chi connectivity index (χ4v) is 4.98. The van der Waals surface area contributed by atoms with Crippen molar-refractivity contribution < 1.29 is 17.9 Å². The van der Waals surface area contributed by atoms with Gasteiger partial charge in [0.2, 0.25) is 15.8 Å². The van der Waals surface area contributed by atoms with Crippen LogP contribution in [0.3, 0.4) is 0 Å². The number of sulfonamides is 1. The molecular weight excluding hydrogens is 292 g/mol. The highest BCUT2D eigenvalue weighted by Gasteiger charge is 2.52. The number of hydrogen-bond donors (Lipinski definition) is 0. The van der Waals surface area contributed by atoms with Gasteiger partial charge in [-0.15, -0.1) is 0 Å². The molecule has 0 atom stereocenters. The van der Waals surface area contributed by atoms with E-state index in [9.17, 15) is 8.42 Å². The van der Waals surface area contributed by atoms with Gasteiger partial charge in [0.1, 0.15) is 10.6 Å². The minimum atomic E-state index is -3.54. The number of aryl methyl sites for hydroxylation is 1. The van der Waals surface area contributed by atoms with Crippen molar-refractivity contribution in [3.8, 4) is 0 Å². The summed E-state index contributed by atoms with van der Waals surface area (Å²) in [4.78, 5) is 0.302. The number of nitrogens with zero attached hydrogens (tertiary/aromatic N) is 2. The van der Waals surface area contributed by atoms with Crippen molar-refractivity contribution in [1.82, 2.24) is 8.87 Å². The number of hydrogen-bond acceptors (Lipinski definition) is 4. The molecule has 1 aromatic carbocycles. The summed E-state index contributed by atoms with van der Waals surface area (Å²) in [6.07, 6.45) is 0. The van der Waals surface area contributed by atoms with E-state index in [0.29, 0.717) is 29.2 Å². The van der Waals surface area contributed by atoms with Crippen LogP contribution in [0.1, 0.15) is 5.69 Å². The lowest BCUT2D eigenvalue weighted by Gasteiger charge is -2.36. The zero-order valence-electron chi connectivity index (χ0n) is 11.9. The van der Waals surface area contributed by atoms with Crippen LogP contribution < -0.4 is 0 Å². The van der Waals surface area contributed by atoms with Crippen LogP contribution in [-0.2, 0) is 32.3 Å². The summed E-state index contributed by atoms with van der Waals surface area (Å²) in [6.45, 7) is 1.11. The smallest absolute Gasteiger partial charge is 0.245 e. The second-order valence-electron chi connectivity index (χ2n) is 5.46. The van der Waals surface area contributed by atoms with E-state index >= 15 is 0 Å². The minimum Gasteiger partial charge on any atom is -0.342 e. The standard InChI is InChI=1S/C14H16N2O4S/c1-15-9-14(19-7-8-20-14)13-12(21(15,17)18)10-5-3-4-6-11(10)16(13)2/h3-6H,7-9H2,1-2H3. The van der Waals surface area contributed by atoms with Gasteiger partial charge in [-0.2, -0.15) is 4.31 Å². The van der Waals surface area contributed by atoms with Crippen LogP contribution in [-0.4, -0.2) is 44.1 Å². The second kappa shape index (κ2) is 4.07. The van der Waals surface area contributed by atoms with Gasteiger partial charge in [0.25, 0.3) is 0 Å². The lowest BCUT2D eigenvalue weighted by atomic mass is 10.1. The van der Waals surface area contributed by atoms with E-state index in [2.05, 4.69) is 0 Å². The molecular formula is C14H16N2O4S. The highest BCUT2D eigenvalue weighted by atomic mass is 32.2. The molecule has 0 saturated carbocycles. The number of rotatable bonds is 0. The lowest BCUT2D eigenvalue weighted by molar-refractivity contribution is -0.178. The number of likely N-dealkylation sites (N-methyl/N-ethyl adjacent to an activating group) is 1. The molecule has 1 aromatic heterocycles. The van der Waals surface area contributed by atoms with Crippen LogP contribution in [0.2, 0.25) is 0 Å². The number of fused-ring (bicyclic) bond motifs is 4. The Balaban J connectivity index is 2.18. The molecule has 1 saturated heterocycles. The molecule has 0 amide bonds. The maximum Gasteiger partial charge on any atom is 0.245 e. The van der Waals surface area contributed by atoms with Crippen LogP contribution in [0.4, 0.5) is 0 Å². The van der Waals surface area contributed by atoms with Gasteiger partial charge in [0.15, 0.2) is 0 Å². The Kier molecular flexibility index (Phi) is 2.57. The van der Waals surface area contributed by atoms with Gasteiger partial charge in [0.05, 0.1) is 19.8 Å². The van der Waals surface area contributed by atoms with Crippen molar-refractivity contribution in [1.29, 1.82) is 0 Å². The second-order valence-corrected chi connectivity index (χ2v) is 7.45. The molecule has 0 bridgehead atoms. The number of ether oxygens (including phenoxy) is 2. The van der Waals surface area contributed by atoms with E-state index in [0.717, 1.165) is 5.52 Å². The van der Waals surface area contributed by atoms with Crippen LogP contribution in [0, 0.1) is 0 Å². The molecule has 0 radical (unpaired) electrons. The van der Waals surface area contributed by atoms with Crippen LogP contribution in [0.25, 0.3) is 10.9 Å². The summed E-state index contributed by atoms with van der Waals surface area (Å²) in [6, 6.07) is 7.47. The number of benzene rings is 1. The topological polar surface area (TPSA) is 60.8 Å². The van der Waals surface area contributed by atoms with E-state index in [1.165, 1.54) is 4.31 Å². The Labute approximate surface area is 122 Å². The van der Waals surface area contributed by atoms with Gasteiger partial charge in [-0.1, -0.05) is 18.2 Å². The van der Waals surface area contributed by atoms with Crippen molar-refractivity contribution in [2.24, 2.45) is 7.05 Å². The molecule has 7 heteroatoms. The van der Waals surface area contributed by atoms with E-state index in [-0.39, 0.29) is 6.54 Å². The summed E-state index contributed by atoms with van der Waals surface area (Å²) in [7, 11) is -0.119. The predicted molar refractivity (Wildman–Crippen MR) is 76.3 cm³/mol. The van der Waals surface area contributed by atoms with Crippen molar-refractivity contribution in [2.45, 2.75) is 10.7 Å². The fourth-order valence-electron chi connectivity index (χ4n) is 3.34. The molecule has 1 fully saturated rings. The van der Waals surface area contributed by atoms with Crippen molar-refractivity contribution in [3.05, 3.63) is 30.0 Å². The summed E-state index contributed by atoms with van der Waals surface area (Å²) in [5.74, 6) is -0.997. The van der Waals surface area contributed by atoms with Crippen LogP contribution >= 0.6 is 0 Å². The molecule has 0 N–H and O–H groups in total. The third-order valence-electron chi connectivity index (χ3n) is 4.27. The van der Waals surface area contributed by atoms with Crippen molar-refractivity contribution >= 4 is 20.9 Å². The van der Waals surface area contributed by atoms with Gasteiger partial charge < -0.3 is 14.0 Å². The maximum absolute atomic E-state index is 12.8. The van der Waals surface area contributed by atoms with Crippen molar-refractivity contribution in [3.63, 3.8) is 0 Å². The quantitative estimate of drug-likeness (QED) is 0.729. The summed E-state index contributed by atoms with van der Waals surface area (Å²) in [5, 5.41) is 0.708. The predicted octanol–water partition coefficient (Wildman–Crippen LogP) is 1.01. The van der Waals surface area contributed by atoms with Gasteiger partial charge >= 0.3 is 0 Å². The SMILES string of the molecule is CN1CC2(OCCO2)c2c(c3ccccc3n2C)S1(=O)=O. The summed E-state index contributed by atoms with van der Waals surface area (Å²) in [5.41, 5.74) is 1.46. The van der Waals surface area contributed by atoms with Crippen molar-refractivity contribution in [2.75, 3.05) is 26.8 Å². The Bertz CT molecular complexity index is 834. The molecule has 21 heavy (non-hydrogen) atoms. The minimum absolute atomic E-state index is 0.173. The van der Waals surface area contributed by atoms with E-state index < -0.39 is 15.8 Å². The Morgan fingerprint density at radius 2 is 1.81 bits per heavy atom. The molecule has 0 aliphatic carbocycles. The first-order valence-corrected chi connectivity index (χ1v) is 8.23. The fraction of sp³-hybridized carbons (Fsp3) is 0.429. The first kappa shape index (κ1) is 13.3. The highest BCUT2D eigenvalue weighted by molar-refractivity contribution is 7.89. The molecule has 0 unspecified atom stereocenters. The molecule has 2 aliphatic rings. The number of para-hydroxylation sites is 1. The average molecular weight is 308 g/mol.